The smallest absolute Gasteiger partial charge is 0.175 e. The summed E-state index contributed by atoms with van der Waals surface area (Å²) in [5.74, 6) is -1.15. The zero-order valence-corrected chi connectivity index (χ0v) is 15.8. The minimum Gasteiger partial charge on any atom is -0.258 e. The second-order valence-electron chi connectivity index (χ2n) is 6.96. The minimum atomic E-state index is -0.620. The molecule has 2 aromatic carbocycles. The van der Waals surface area contributed by atoms with E-state index in [1.54, 1.807) is 35.1 Å². The van der Waals surface area contributed by atoms with Gasteiger partial charge in [-0.3, -0.25) is 4.98 Å². The van der Waals surface area contributed by atoms with Crippen molar-refractivity contribution in [3.63, 3.8) is 0 Å². The molecule has 0 unspecified atom stereocenters. The fraction of sp³-hybridized carbons (Fsp3) is 0.0870. The van der Waals surface area contributed by atoms with E-state index in [2.05, 4.69) is 15.1 Å². The molecule has 5 aromatic rings. The first kappa shape index (κ1) is 17.4. The number of aryl methyl sites for hydroxylation is 2. The average molecular weight is 386 g/mol. The molecule has 6 heteroatoms. The van der Waals surface area contributed by atoms with Crippen LogP contribution in [0.2, 0.25) is 0 Å². The number of hydrogen-bond acceptors (Lipinski definition) is 3. The van der Waals surface area contributed by atoms with Crippen LogP contribution in [0.15, 0.2) is 60.8 Å². The Morgan fingerprint density at radius 2 is 1.62 bits per heavy atom. The van der Waals surface area contributed by atoms with Crippen LogP contribution in [0.5, 0.6) is 0 Å². The number of benzene rings is 2. The van der Waals surface area contributed by atoms with Gasteiger partial charge >= 0.3 is 0 Å². The van der Waals surface area contributed by atoms with Gasteiger partial charge in [0.25, 0.3) is 0 Å². The van der Waals surface area contributed by atoms with Crippen LogP contribution in [0, 0.1) is 25.5 Å². The number of fused-ring (bicyclic) bond motifs is 2. The van der Waals surface area contributed by atoms with Crippen LogP contribution in [0.25, 0.3) is 38.8 Å². The Labute approximate surface area is 165 Å². The van der Waals surface area contributed by atoms with E-state index in [-0.39, 0.29) is 16.9 Å². The number of hydrogen-bond donors (Lipinski definition) is 0. The SMILES string of the molecule is Cc1cc2c(cnn2-c2c(F)c(-c3ccccc3F)nc3ccccc23)c(C)n1. The molecule has 0 saturated heterocycles. The fourth-order valence-corrected chi connectivity index (χ4v) is 3.72. The molecule has 0 atom stereocenters. The maximum atomic E-state index is 15.9. The summed E-state index contributed by atoms with van der Waals surface area (Å²) in [5.41, 5.74) is 3.25. The Morgan fingerprint density at radius 1 is 0.862 bits per heavy atom. The quantitative estimate of drug-likeness (QED) is 0.401. The van der Waals surface area contributed by atoms with Gasteiger partial charge in [0.1, 0.15) is 17.2 Å². The summed E-state index contributed by atoms with van der Waals surface area (Å²) < 4.78 is 31.9. The van der Waals surface area contributed by atoms with Crippen LogP contribution in [-0.2, 0) is 0 Å². The first-order chi connectivity index (χ1) is 14.0. The van der Waals surface area contributed by atoms with E-state index in [4.69, 9.17) is 0 Å². The molecule has 0 N–H and O–H groups in total. The molecule has 0 saturated carbocycles. The molecule has 0 bridgehead atoms. The highest BCUT2D eigenvalue weighted by Crippen LogP contribution is 2.34. The molecule has 3 heterocycles. The van der Waals surface area contributed by atoms with Crippen LogP contribution in [-0.4, -0.2) is 19.7 Å². The van der Waals surface area contributed by atoms with Gasteiger partial charge in [0.05, 0.1) is 17.2 Å². The second kappa shape index (κ2) is 6.44. The van der Waals surface area contributed by atoms with Gasteiger partial charge in [-0.15, -0.1) is 0 Å². The summed E-state index contributed by atoms with van der Waals surface area (Å²) in [6, 6.07) is 15.1. The lowest BCUT2D eigenvalue weighted by Gasteiger charge is -2.14. The Bertz CT molecular complexity index is 1410. The monoisotopic (exact) mass is 386 g/mol. The van der Waals surface area contributed by atoms with E-state index in [1.807, 2.05) is 32.0 Å². The lowest BCUT2D eigenvalue weighted by Crippen LogP contribution is -2.05. The van der Waals surface area contributed by atoms with Gasteiger partial charge in [0.15, 0.2) is 5.82 Å². The topological polar surface area (TPSA) is 43.6 Å². The molecule has 5 rings (SSSR count). The van der Waals surface area contributed by atoms with Gasteiger partial charge in [0, 0.05) is 27.7 Å². The van der Waals surface area contributed by atoms with E-state index < -0.39 is 11.6 Å². The van der Waals surface area contributed by atoms with Crippen LogP contribution in [0.1, 0.15) is 11.4 Å². The lowest BCUT2D eigenvalue weighted by molar-refractivity contribution is 0.605. The predicted molar refractivity (Wildman–Crippen MR) is 109 cm³/mol. The van der Waals surface area contributed by atoms with Crippen LogP contribution < -0.4 is 0 Å². The van der Waals surface area contributed by atoms with Gasteiger partial charge in [-0.05, 0) is 38.1 Å². The summed E-state index contributed by atoms with van der Waals surface area (Å²) in [6.07, 6.45) is 1.68. The van der Waals surface area contributed by atoms with Crippen molar-refractivity contribution >= 4 is 21.8 Å². The highest BCUT2D eigenvalue weighted by Gasteiger charge is 2.22. The van der Waals surface area contributed by atoms with Crippen molar-refractivity contribution in [1.82, 2.24) is 19.7 Å². The molecule has 0 aliphatic carbocycles. The third-order valence-electron chi connectivity index (χ3n) is 5.03. The first-order valence-corrected chi connectivity index (χ1v) is 9.20. The van der Waals surface area contributed by atoms with Crippen molar-refractivity contribution < 1.29 is 8.78 Å². The molecule has 3 aromatic heterocycles. The van der Waals surface area contributed by atoms with Gasteiger partial charge in [-0.1, -0.05) is 30.3 Å². The Kier molecular flexibility index (Phi) is 3.87. The third kappa shape index (κ3) is 2.68. The minimum absolute atomic E-state index is 0.0389. The molecule has 4 nitrogen and oxygen atoms in total. The zero-order chi connectivity index (χ0) is 20.1. The van der Waals surface area contributed by atoms with Crippen molar-refractivity contribution in [3.8, 4) is 16.9 Å². The molecular formula is C23H16F2N4. The summed E-state index contributed by atoms with van der Waals surface area (Å²) in [7, 11) is 0. The van der Waals surface area contributed by atoms with Crippen molar-refractivity contribution in [1.29, 1.82) is 0 Å². The van der Waals surface area contributed by atoms with Gasteiger partial charge in [-0.2, -0.15) is 5.10 Å². The van der Waals surface area contributed by atoms with Crippen LogP contribution in [0.3, 0.4) is 0 Å². The number of pyridine rings is 2. The second-order valence-corrected chi connectivity index (χ2v) is 6.96. The maximum Gasteiger partial charge on any atom is 0.175 e. The third-order valence-corrected chi connectivity index (χ3v) is 5.03. The van der Waals surface area contributed by atoms with Gasteiger partial charge in [0.2, 0.25) is 0 Å². The lowest BCUT2D eigenvalue weighted by atomic mass is 10.1. The van der Waals surface area contributed by atoms with Gasteiger partial charge < -0.3 is 0 Å². The van der Waals surface area contributed by atoms with E-state index in [9.17, 15) is 4.39 Å². The van der Waals surface area contributed by atoms with Crippen LogP contribution >= 0.6 is 0 Å². The summed E-state index contributed by atoms with van der Waals surface area (Å²) in [4.78, 5) is 8.88. The zero-order valence-electron chi connectivity index (χ0n) is 15.8. The molecule has 0 fully saturated rings. The molecule has 0 spiro atoms. The highest BCUT2D eigenvalue weighted by atomic mass is 19.1. The molecule has 0 radical (unpaired) electrons. The molecule has 142 valence electrons. The van der Waals surface area contributed by atoms with E-state index >= 15 is 4.39 Å². The van der Waals surface area contributed by atoms with Crippen molar-refractivity contribution in [2.75, 3.05) is 0 Å². The van der Waals surface area contributed by atoms with E-state index in [0.29, 0.717) is 10.9 Å². The van der Waals surface area contributed by atoms with Crippen molar-refractivity contribution in [3.05, 3.63) is 83.8 Å². The number of nitrogens with zero attached hydrogens (tertiary/aromatic N) is 4. The number of rotatable bonds is 2. The van der Waals surface area contributed by atoms with Crippen molar-refractivity contribution in [2.24, 2.45) is 0 Å². The Balaban J connectivity index is 1.92. The van der Waals surface area contributed by atoms with E-state index in [1.165, 1.54) is 12.1 Å². The number of halogens is 2. The largest absolute Gasteiger partial charge is 0.258 e. The Morgan fingerprint density at radius 3 is 2.45 bits per heavy atom. The molecule has 0 amide bonds. The molecule has 0 aliphatic rings. The van der Waals surface area contributed by atoms with E-state index in [0.717, 1.165) is 22.3 Å². The number of para-hydroxylation sites is 1. The normalized spacial score (nSPS) is 11.4. The molecule has 0 aliphatic heterocycles. The van der Waals surface area contributed by atoms with Crippen molar-refractivity contribution in [2.45, 2.75) is 13.8 Å². The summed E-state index contributed by atoms with van der Waals surface area (Å²) in [6.45, 7) is 3.78. The maximum absolute atomic E-state index is 15.9. The standard InChI is InChI=1S/C23H16F2N4/c1-13-11-20-17(14(2)27-13)12-26-29(20)23-16-8-4-6-10-19(16)28-22(21(23)25)15-7-3-5-9-18(15)24/h3-12H,1-2H3. The summed E-state index contributed by atoms with van der Waals surface area (Å²) >= 11 is 0. The molecular weight excluding hydrogens is 370 g/mol. The number of aromatic nitrogens is 4. The predicted octanol–water partition coefficient (Wildman–Crippen LogP) is 5.53. The first-order valence-electron chi connectivity index (χ1n) is 9.20. The summed E-state index contributed by atoms with van der Waals surface area (Å²) in [5, 5.41) is 5.89. The molecule has 29 heavy (non-hydrogen) atoms. The Hall–Kier alpha value is -3.67. The average Bonchev–Trinajstić information content (AvgIpc) is 3.12. The van der Waals surface area contributed by atoms with Crippen LogP contribution in [0.4, 0.5) is 8.78 Å². The fourth-order valence-electron chi connectivity index (χ4n) is 3.72. The van der Waals surface area contributed by atoms with Gasteiger partial charge in [-0.25, -0.2) is 18.4 Å². The highest BCUT2D eigenvalue weighted by molar-refractivity contribution is 5.93.